The Morgan fingerprint density at radius 2 is 1.94 bits per heavy atom. The van der Waals surface area contributed by atoms with Crippen molar-refractivity contribution in [1.82, 2.24) is 14.9 Å². The molecule has 2 aliphatic rings. The molecule has 0 spiro atoms. The summed E-state index contributed by atoms with van der Waals surface area (Å²) in [6.45, 7) is 8.00. The van der Waals surface area contributed by atoms with E-state index < -0.39 is 0 Å². The third kappa shape index (κ3) is 4.70. The quantitative estimate of drug-likeness (QED) is 0.502. The molecule has 6 nitrogen and oxygen atoms in total. The zero-order valence-electron chi connectivity index (χ0n) is 18.0. The van der Waals surface area contributed by atoms with E-state index in [4.69, 9.17) is 11.6 Å². The average molecular weight is 439 g/mol. The Bertz CT molecular complexity index is 1040. The van der Waals surface area contributed by atoms with Gasteiger partial charge in [-0.1, -0.05) is 25.4 Å². The topological polar surface area (TPSA) is 66.4 Å². The third-order valence-corrected chi connectivity index (χ3v) is 6.31. The largest absolute Gasteiger partial charge is 0.366 e. The fourth-order valence-electron chi connectivity index (χ4n) is 4.16. The Kier molecular flexibility index (Phi) is 6.49. The number of ketones is 2. The number of halogens is 1. The normalized spacial score (nSPS) is 16.8. The Hall–Kier alpha value is -2.57. The molecule has 2 aromatic heterocycles. The molecule has 1 saturated heterocycles. The van der Waals surface area contributed by atoms with Crippen LogP contribution in [0.4, 0.5) is 5.69 Å². The maximum atomic E-state index is 12.2. The molecule has 0 aromatic carbocycles. The van der Waals surface area contributed by atoms with E-state index in [-0.39, 0.29) is 11.6 Å². The van der Waals surface area contributed by atoms with Gasteiger partial charge in [0.05, 0.1) is 11.4 Å². The van der Waals surface area contributed by atoms with Crippen LogP contribution in [0.15, 0.2) is 30.0 Å². The maximum absolute atomic E-state index is 12.2. The molecule has 0 unspecified atom stereocenters. The van der Waals surface area contributed by atoms with Crippen LogP contribution in [0.2, 0.25) is 5.15 Å². The van der Waals surface area contributed by atoms with Crippen LogP contribution in [-0.4, -0.2) is 52.6 Å². The van der Waals surface area contributed by atoms with Gasteiger partial charge in [-0.2, -0.15) is 0 Å². The smallest absolute Gasteiger partial charge is 0.180 e. The van der Waals surface area contributed by atoms with E-state index in [1.54, 1.807) is 6.07 Å². The fraction of sp³-hybridized carbons (Fsp3) is 0.417. The van der Waals surface area contributed by atoms with Crippen LogP contribution >= 0.6 is 11.6 Å². The molecule has 0 saturated carbocycles. The molecule has 0 N–H and O–H groups in total. The van der Waals surface area contributed by atoms with Gasteiger partial charge < -0.3 is 4.90 Å². The third-order valence-electron chi connectivity index (χ3n) is 6.04. The monoisotopic (exact) mass is 438 g/mol. The van der Waals surface area contributed by atoms with Gasteiger partial charge >= 0.3 is 0 Å². The van der Waals surface area contributed by atoms with Gasteiger partial charge in [-0.05, 0) is 47.4 Å². The molecule has 3 heterocycles. The van der Waals surface area contributed by atoms with E-state index in [2.05, 4.69) is 25.8 Å². The van der Waals surface area contributed by atoms with E-state index in [1.165, 1.54) is 0 Å². The highest BCUT2D eigenvalue weighted by Crippen LogP contribution is 2.27. The minimum absolute atomic E-state index is 0.000993. The second-order valence-corrected chi connectivity index (χ2v) is 8.40. The zero-order chi connectivity index (χ0) is 22.0. The summed E-state index contributed by atoms with van der Waals surface area (Å²) in [7, 11) is 0. The predicted molar refractivity (Wildman–Crippen MR) is 123 cm³/mol. The number of piperazine rings is 1. The van der Waals surface area contributed by atoms with Gasteiger partial charge in [0.1, 0.15) is 5.69 Å². The van der Waals surface area contributed by atoms with Crippen molar-refractivity contribution in [1.29, 1.82) is 0 Å². The molecule has 0 atom stereocenters. The summed E-state index contributed by atoms with van der Waals surface area (Å²) in [6, 6.07) is 5.73. The first kappa shape index (κ1) is 21.7. The van der Waals surface area contributed by atoms with Crippen LogP contribution in [0.5, 0.6) is 0 Å². The molecular formula is C24H27ClN4O2. The summed E-state index contributed by atoms with van der Waals surface area (Å²) in [5.41, 5.74) is 5.32. The number of hydrogen-bond donors (Lipinski definition) is 0. The fourth-order valence-corrected chi connectivity index (χ4v) is 4.43. The SMILES string of the molecule is CCC(=O)c1ccc(N2CCN(Cc3cc4c(cn3)C=C(CC)C(=O)C4)CC2)c(Cl)n1. The number of Topliss-reactive ketones (excluding diaryl/α,β-unsaturated/α-hetero) is 2. The molecule has 2 aromatic rings. The summed E-state index contributed by atoms with van der Waals surface area (Å²) in [5, 5.41) is 0.383. The van der Waals surface area contributed by atoms with Crippen molar-refractivity contribution >= 4 is 34.9 Å². The summed E-state index contributed by atoms with van der Waals surface area (Å²) in [5.74, 6) is 0.219. The first-order chi connectivity index (χ1) is 15.0. The van der Waals surface area contributed by atoms with Gasteiger partial charge in [-0.25, -0.2) is 4.98 Å². The number of aromatic nitrogens is 2. The van der Waals surface area contributed by atoms with Crippen molar-refractivity contribution in [3.05, 3.63) is 57.6 Å². The average Bonchev–Trinajstić information content (AvgIpc) is 2.78. The van der Waals surface area contributed by atoms with Gasteiger partial charge in [0.2, 0.25) is 0 Å². The second-order valence-electron chi connectivity index (χ2n) is 8.04. The lowest BCUT2D eigenvalue weighted by molar-refractivity contribution is -0.115. The minimum Gasteiger partial charge on any atom is -0.366 e. The highest BCUT2D eigenvalue weighted by atomic mass is 35.5. The van der Waals surface area contributed by atoms with Crippen molar-refractivity contribution in [2.75, 3.05) is 31.1 Å². The number of allylic oxidation sites excluding steroid dienone is 1. The Labute approximate surface area is 187 Å². The molecule has 0 amide bonds. The highest BCUT2D eigenvalue weighted by Gasteiger charge is 2.22. The lowest BCUT2D eigenvalue weighted by Gasteiger charge is -2.36. The molecule has 0 bridgehead atoms. The molecule has 31 heavy (non-hydrogen) atoms. The summed E-state index contributed by atoms with van der Waals surface area (Å²) >= 11 is 6.37. The Morgan fingerprint density at radius 3 is 2.61 bits per heavy atom. The molecule has 1 fully saturated rings. The van der Waals surface area contributed by atoms with Crippen LogP contribution in [0.1, 0.15) is 54.0 Å². The number of pyridine rings is 2. The predicted octanol–water partition coefficient (Wildman–Crippen LogP) is 3.96. The minimum atomic E-state index is -0.000993. The number of hydrogen-bond acceptors (Lipinski definition) is 6. The van der Waals surface area contributed by atoms with Crippen molar-refractivity contribution in [3.8, 4) is 0 Å². The van der Waals surface area contributed by atoms with Crippen molar-refractivity contribution < 1.29 is 9.59 Å². The number of carbonyl (C=O) groups excluding carboxylic acids is 2. The van der Waals surface area contributed by atoms with Crippen LogP contribution in [0.3, 0.4) is 0 Å². The first-order valence-electron chi connectivity index (χ1n) is 10.9. The molecule has 1 aliphatic heterocycles. The molecular weight excluding hydrogens is 412 g/mol. The summed E-state index contributed by atoms with van der Waals surface area (Å²) in [6.07, 6.45) is 5.53. The number of carbonyl (C=O) groups is 2. The number of fused-ring (bicyclic) bond motifs is 1. The molecule has 1 aliphatic carbocycles. The van der Waals surface area contributed by atoms with Gasteiger partial charge in [-0.3, -0.25) is 19.5 Å². The van der Waals surface area contributed by atoms with E-state index in [1.807, 2.05) is 32.2 Å². The van der Waals surface area contributed by atoms with E-state index in [0.29, 0.717) is 23.7 Å². The number of nitrogens with zero attached hydrogens (tertiary/aromatic N) is 4. The van der Waals surface area contributed by atoms with Crippen molar-refractivity contribution in [2.24, 2.45) is 0 Å². The maximum Gasteiger partial charge on any atom is 0.180 e. The Morgan fingerprint density at radius 1 is 1.16 bits per heavy atom. The van der Waals surface area contributed by atoms with Gasteiger partial charge in [0, 0.05) is 51.8 Å². The molecule has 7 heteroatoms. The lowest BCUT2D eigenvalue weighted by Crippen LogP contribution is -2.46. The van der Waals surface area contributed by atoms with Crippen LogP contribution in [0, 0.1) is 0 Å². The molecule has 4 rings (SSSR count). The van der Waals surface area contributed by atoms with Crippen LogP contribution < -0.4 is 4.90 Å². The molecule has 0 radical (unpaired) electrons. The second kappa shape index (κ2) is 9.28. The van der Waals surface area contributed by atoms with E-state index >= 15 is 0 Å². The lowest BCUT2D eigenvalue weighted by atomic mass is 9.91. The highest BCUT2D eigenvalue weighted by molar-refractivity contribution is 6.32. The molecule has 162 valence electrons. The van der Waals surface area contributed by atoms with E-state index in [0.717, 1.165) is 67.2 Å². The standard InChI is InChI=1S/C24H27ClN4O2/c1-3-16-11-18-14-26-19(12-17(18)13-23(16)31)15-28-7-9-29(10-8-28)21-6-5-20(22(30)4-2)27-24(21)25/h5-6,11-12,14H,3-4,7-10,13,15H2,1-2H3. The van der Waals surface area contributed by atoms with Gasteiger partial charge in [0.15, 0.2) is 16.7 Å². The first-order valence-corrected chi connectivity index (χ1v) is 11.2. The van der Waals surface area contributed by atoms with Gasteiger partial charge in [0.25, 0.3) is 0 Å². The zero-order valence-corrected chi connectivity index (χ0v) is 18.8. The Balaban J connectivity index is 1.38. The van der Waals surface area contributed by atoms with Crippen LogP contribution in [0.25, 0.3) is 6.08 Å². The van der Waals surface area contributed by atoms with Crippen molar-refractivity contribution in [2.45, 2.75) is 39.7 Å². The summed E-state index contributed by atoms with van der Waals surface area (Å²) < 4.78 is 0. The van der Waals surface area contributed by atoms with Crippen LogP contribution in [-0.2, 0) is 17.8 Å². The van der Waals surface area contributed by atoms with Crippen molar-refractivity contribution in [3.63, 3.8) is 0 Å². The van der Waals surface area contributed by atoms with Gasteiger partial charge in [-0.15, -0.1) is 0 Å². The van der Waals surface area contributed by atoms with E-state index in [9.17, 15) is 9.59 Å². The summed E-state index contributed by atoms with van der Waals surface area (Å²) in [4.78, 5) is 37.5. The number of rotatable bonds is 6. The number of anilines is 1.